The number of nitrogens with two attached hydrogens (primary N) is 1. The van der Waals surface area contributed by atoms with Crippen LogP contribution in [0.1, 0.15) is 40.0 Å². The number of primary amides is 1. The van der Waals surface area contributed by atoms with Crippen LogP contribution in [-0.4, -0.2) is 52.5 Å². The van der Waals surface area contributed by atoms with Crippen molar-refractivity contribution in [3.63, 3.8) is 0 Å². The lowest BCUT2D eigenvalue weighted by Crippen LogP contribution is -2.45. The number of hydrogen-bond acceptors (Lipinski definition) is 6. The van der Waals surface area contributed by atoms with Gasteiger partial charge in [-0.15, -0.1) is 0 Å². The van der Waals surface area contributed by atoms with Crippen LogP contribution in [0.3, 0.4) is 0 Å². The molecule has 0 aliphatic heterocycles. The second-order valence-electron chi connectivity index (χ2n) is 4.51. The molecule has 0 aromatic heterocycles. The number of amides is 1. The monoisotopic (exact) mass is 323 g/mol. The topological polar surface area (TPSA) is 100 Å². The molecule has 0 heterocycles. The van der Waals surface area contributed by atoms with E-state index in [2.05, 4.69) is 4.74 Å². The third kappa shape index (κ3) is 9.80. The highest BCUT2D eigenvalue weighted by Gasteiger charge is 2.39. The van der Waals surface area contributed by atoms with Gasteiger partial charge < -0.3 is 28.9 Å². The van der Waals surface area contributed by atoms with E-state index in [1.807, 2.05) is 20.8 Å². The number of rotatable bonds is 13. The van der Waals surface area contributed by atoms with Crippen molar-refractivity contribution >= 4 is 14.9 Å². The van der Waals surface area contributed by atoms with E-state index in [4.69, 9.17) is 19.0 Å². The van der Waals surface area contributed by atoms with Gasteiger partial charge in [0.05, 0.1) is 6.10 Å². The molecule has 21 heavy (non-hydrogen) atoms. The highest BCUT2D eigenvalue weighted by Crippen LogP contribution is 2.20. The quantitative estimate of drug-likeness (QED) is 0.395. The Balaban J connectivity index is 4.08. The summed E-state index contributed by atoms with van der Waals surface area (Å²) >= 11 is 0. The van der Waals surface area contributed by atoms with Gasteiger partial charge in [-0.1, -0.05) is 6.42 Å². The maximum atomic E-state index is 10.4. The van der Waals surface area contributed by atoms with Crippen LogP contribution in [-0.2, 0) is 18.0 Å². The highest BCUT2D eigenvalue weighted by molar-refractivity contribution is 6.60. The Morgan fingerprint density at radius 3 is 2.05 bits per heavy atom. The molecule has 1 amide bonds. The standard InChI is InChI=1S/C13H29NO6Si/c1-4-18-21(19-5-2,20-6-3)10-8-7-9-12(15)11-17-13(14)16/h12,15H,4-11H2,1-3H3,(H2,14,16). The summed E-state index contributed by atoms with van der Waals surface area (Å²) in [5.41, 5.74) is 4.84. The van der Waals surface area contributed by atoms with E-state index >= 15 is 0 Å². The van der Waals surface area contributed by atoms with Gasteiger partial charge in [0, 0.05) is 25.9 Å². The van der Waals surface area contributed by atoms with Gasteiger partial charge in [-0.25, -0.2) is 4.79 Å². The first kappa shape index (κ1) is 20.3. The van der Waals surface area contributed by atoms with Crippen molar-refractivity contribution in [2.24, 2.45) is 5.73 Å². The number of unbranched alkanes of at least 4 members (excludes halogenated alkanes) is 1. The van der Waals surface area contributed by atoms with Gasteiger partial charge in [0.1, 0.15) is 6.61 Å². The van der Waals surface area contributed by atoms with E-state index in [9.17, 15) is 9.90 Å². The van der Waals surface area contributed by atoms with E-state index in [0.717, 1.165) is 12.8 Å². The third-order valence-corrected chi connectivity index (χ3v) is 5.93. The van der Waals surface area contributed by atoms with Crippen molar-refractivity contribution in [2.75, 3.05) is 26.4 Å². The minimum atomic E-state index is -2.59. The van der Waals surface area contributed by atoms with Crippen LogP contribution < -0.4 is 5.73 Å². The molecule has 0 saturated carbocycles. The van der Waals surface area contributed by atoms with Crippen molar-refractivity contribution in [3.05, 3.63) is 0 Å². The molecule has 3 N–H and O–H groups in total. The van der Waals surface area contributed by atoms with Gasteiger partial charge in [-0.2, -0.15) is 0 Å². The van der Waals surface area contributed by atoms with Gasteiger partial charge in [0.15, 0.2) is 0 Å². The number of hydrogen-bond donors (Lipinski definition) is 2. The molecule has 0 aliphatic carbocycles. The lowest BCUT2D eigenvalue weighted by molar-refractivity contribution is 0.0630. The Kier molecular flexibility index (Phi) is 11.5. The first-order valence-electron chi connectivity index (χ1n) is 7.51. The smallest absolute Gasteiger partial charge is 0.447 e. The molecule has 126 valence electrons. The normalized spacial score (nSPS) is 13.1. The van der Waals surface area contributed by atoms with E-state index in [0.29, 0.717) is 32.3 Å². The van der Waals surface area contributed by atoms with E-state index in [1.54, 1.807) is 0 Å². The van der Waals surface area contributed by atoms with Crippen molar-refractivity contribution < 1.29 is 27.9 Å². The van der Waals surface area contributed by atoms with Crippen LogP contribution in [0.4, 0.5) is 4.79 Å². The van der Waals surface area contributed by atoms with Crippen LogP contribution >= 0.6 is 0 Å². The molecule has 0 saturated heterocycles. The van der Waals surface area contributed by atoms with E-state index < -0.39 is 21.0 Å². The maximum Gasteiger partial charge on any atom is 0.500 e. The molecule has 0 bridgehead atoms. The summed E-state index contributed by atoms with van der Waals surface area (Å²) < 4.78 is 21.8. The predicted octanol–water partition coefficient (Wildman–Crippen LogP) is 1.66. The molecular weight excluding hydrogens is 294 g/mol. The molecule has 1 unspecified atom stereocenters. The zero-order valence-electron chi connectivity index (χ0n) is 13.3. The number of carbonyl (C=O) groups excluding carboxylic acids is 1. The second kappa shape index (κ2) is 11.9. The van der Waals surface area contributed by atoms with Crippen molar-refractivity contribution in [2.45, 2.75) is 52.2 Å². The van der Waals surface area contributed by atoms with Crippen molar-refractivity contribution in [1.29, 1.82) is 0 Å². The van der Waals surface area contributed by atoms with Crippen molar-refractivity contribution in [3.8, 4) is 0 Å². The minimum Gasteiger partial charge on any atom is -0.447 e. The molecule has 7 nitrogen and oxygen atoms in total. The fourth-order valence-corrected chi connectivity index (χ4v) is 4.67. The van der Waals surface area contributed by atoms with Crippen molar-refractivity contribution in [1.82, 2.24) is 0 Å². The van der Waals surface area contributed by atoms with Crippen LogP contribution in [0.2, 0.25) is 6.04 Å². The molecule has 0 aromatic rings. The maximum absolute atomic E-state index is 10.4. The summed E-state index contributed by atoms with van der Waals surface area (Å²) in [6.07, 6.45) is 0.553. The zero-order valence-corrected chi connectivity index (χ0v) is 14.3. The molecule has 0 aliphatic rings. The van der Waals surface area contributed by atoms with Crippen LogP contribution in [0.15, 0.2) is 0 Å². The summed E-state index contributed by atoms with van der Waals surface area (Å²) in [7, 11) is -2.59. The first-order chi connectivity index (χ1) is 9.99. The Morgan fingerprint density at radius 1 is 1.10 bits per heavy atom. The second-order valence-corrected chi connectivity index (χ2v) is 7.24. The average Bonchev–Trinajstić information content (AvgIpc) is 2.42. The molecule has 0 radical (unpaired) electrons. The summed E-state index contributed by atoms with van der Waals surface area (Å²) in [4.78, 5) is 10.4. The average molecular weight is 323 g/mol. The van der Waals surface area contributed by atoms with Crippen LogP contribution in [0, 0.1) is 0 Å². The molecule has 8 heteroatoms. The van der Waals surface area contributed by atoms with Crippen LogP contribution in [0.25, 0.3) is 0 Å². The summed E-state index contributed by atoms with van der Waals surface area (Å²) in [5.74, 6) is 0. The van der Waals surface area contributed by atoms with E-state index in [-0.39, 0.29) is 6.61 Å². The molecular formula is C13H29NO6Si. The first-order valence-corrected chi connectivity index (χ1v) is 9.45. The lowest BCUT2D eigenvalue weighted by atomic mass is 10.2. The Morgan fingerprint density at radius 2 is 1.62 bits per heavy atom. The van der Waals surface area contributed by atoms with Gasteiger partial charge in [0.25, 0.3) is 0 Å². The Bertz CT molecular complexity index is 262. The highest BCUT2D eigenvalue weighted by atomic mass is 28.4. The summed E-state index contributed by atoms with van der Waals surface area (Å²) in [6.45, 7) is 7.37. The fourth-order valence-electron chi connectivity index (χ4n) is 1.98. The molecule has 0 spiro atoms. The predicted molar refractivity (Wildman–Crippen MR) is 80.8 cm³/mol. The molecule has 0 rings (SSSR count). The third-order valence-electron chi connectivity index (χ3n) is 2.78. The van der Waals surface area contributed by atoms with Gasteiger partial charge in [-0.3, -0.25) is 0 Å². The molecule has 1 atom stereocenters. The van der Waals surface area contributed by atoms with Crippen LogP contribution in [0.5, 0.6) is 0 Å². The van der Waals surface area contributed by atoms with Gasteiger partial charge in [-0.05, 0) is 33.6 Å². The minimum absolute atomic E-state index is 0.0692. The van der Waals surface area contributed by atoms with Gasteiger partial charge >= 0.3 is 14.9 Å². The Hall–Kier alpha value is -0.673. The van der Waals surface area contributed by atoms with E-state index in [1.165, 1.54) is 0 Å². The Labute approximate surface area is 128 Å². The summed E-state index contributed by atoms with van der Waals surface area (Å²) in [5, 5.41) is 9.62. The number of ether oxygens (including phenoxy) is 1. The fraction of sp³-hybridized carbons (Fsp3) is 0.923. The molecule has 0 fully saturated rings. The lowest BCUT2D eigenvalue weighted by Gasteiger charge is -2.28. The van der Waals surface area contributed by atoms with Gasteiger partial charge in [0.2, 0.25) is 0 Å². The number of aliphatic hydroxyl groups is 1. The number of aliphatic hydroxyl groups excluding tert-OH is 1. The number of carbonyl (C=O) groups is 1. The largest absolute Gasteiger partial charge is 0.500 e. The SMILES string of the molecule is CCO[Si](CCCCC(O)COC(N)=O)(OCC)OCC. The zero-order chi connectivity index (χ0) is 16.1. The summed E-state index contributed by atoms with van der Waals surface area (Å²) in [6, 6.07) is 0.714. The molecule has 0 aromatic carbocycles.